The number of aliphatic imine (C=N–C) groups is 1. The molecule has 0 radical (unpaired) electrons. The molecule has 1 N–H and O–H groups in total. The summed E-state index contributed by atoms with van der Waals surface area (Å²) in [5, 5.41) is 3.08. The Hall–Kier alpha value is -0.910. The molecular weight excluding hydrogens is 404 g/mol. The number of sulfonamides is 1. The zero-order valence-corrected chi connectivity index (χ0v) is 19.6. The van der Waals surface area contributed by atoms with Crippen LogP contribution in [0.1, 0.15) is 34.6 Å². The van der Waals surface area contributed by atoms with Crippen molar-refractivity contribution in [2.45, 2.75) is 45.5 Å². The van der Waals surface area contributed by atoms with Gasteiger partial charge in [0.1, 0.15) is 0 Å². The van der Waals surface area contributed by atoms with E-state index in [9.17, 15) is 16.8 Å². The van der Waals surface area contributed by atoms with Crippen molar-refractivity contribution in [3.63, 3.8) is 0 Å². The van der Waals surface area contributed by atoms with Crippen molar-refractivity contribution in [3.8, 4) is 0 Å². The number of guanidine groups is 1. The molecule has 1 rings (SSSR count). The van der Waals surface area contributed by atoms with Gasteiger partial charge < -0.3 is 15.0 Å². The van der Waals surface area contributed by atoms with E-state index in [0.717, 1.165) is 0 Å². The fourth-order valence-corrected chi connectivity index (χ4v) is 4.90. The van der Waals surface area contributed by atoms with Gasteiger partial charge in [0.25, 0.3) is 0 Å². The SMILES string of the molecule is CN=C(NCCS(=O)(=O)C(C)(C)C)N1CCN(S(=O)(=O)CCOC(C)C)CC1. The van der Waals surface area contributed by atoms with Gasteiger partial charge >= 0.3 is 0 Å². The number of nitrogens with zero attached hydrogens (tertiary/aromatic N) is 3. The molecule has 1 aliphatic rings. The zero-order chi connectivity index (χ0) is 21.6. The summed E-state index contributed by atoms with van der Waals surface area (Å²) in [7, 11) is -4.92. The van der Waals surface area contributed by atoms with E-state index in [1.807, 2.05) is 18.7 Å². The minimum absolute atomic E-state index is 0.00328. The van der Waals surface area contributed by atoms with E-state index in [0.29, 0.717) is 32.1 Å². The predicted molar refractivity (Wildman–Crippen MR) is 113 cm³/mol. The van der Waals surface area contributed by atoms with Crippen LogP contribution in [0.25, 0.3) is 0 Å². The number of ether oxygens (including phenoxy) is 1. The summed E-state index contributed by atoms with van der Waals surface area (Å²) in [6, 6.07) is 0. The molecule has 1 heterocycles. The Labute approximate surface area is 170 Å². The van der Waals surface area contributed by atoms with Crippen molar-refractivity contribution >= 4 is 25.8 Å². The molecule has 0 unspecified atom stereocenters. The van der Waals surface area contributed by atoms with Gasteiger partial charge in [0.15, 0.2) is 15.8 Å². The zero-order valence-electron chi connectivity index (χ0n) is 17.9. The number of hydrogen-bond acceptors (Lipinski definition) is 6. The Morgan fingerprint density at radius 1 is 1.07 bits per heavy atom. The Bertz CT molecular complexity index is 719. The molecule has 0 bridgehead atoms. The molecule has 166 valence electrons. The van der Waals surface area contributed by atoms with Gasteiger partial charge in [-0.15, -0.1) is 0 Å². The van der Waals surface area contributed by atoms with Crippen LogP contribution in [-0.2, 0) is 24.6 Å². The van der Waals surface area contributed by atoms with E-state index < -0.39 is 24.6 Å². The Morgan fingerprint density at radius 3 is 2.11 bits per heavy atom. The quantitative estimate of drug-likeness (QED) is 0.423. The molecular formula is C17H36N4O5S2. The molecule has 0 amide bonds. The molecule has 0 aromatic heterocycles. The van der Waals surface area contributed by atoms with Gasteiger partial charge in [-0.1, -0.05) is 0 Å². The van der Waals surface area contributed by atoms with E-state index in [1.165, 1.54) is 4.31 Å². The minimum Gasteiger partial charge on any atom is -0.378 e. The van der Waals surface area contributed by atoms with Crippen molar-refractivity contribution in [3.05, 3.63) is 0 Å². The van der Waals surface area contributed by atoms with E-state index in [1.54, 1.807) is 27.8 Å². The van der Waals surface area contributed by atoms with Crippen molar-refractivity contribution < 1.29 is 21.6 Å². The lowest BCUT2D eigenvalue weighted by atomic mass is 10.3. The Morgan fingerprint density at radius 2 is 1.64 bits per heavy atom. The average molecular weight is 441 g/mol. The van der Waals surface area contributed by atoms with E-state index in [4.69, 9.17) is 4.74 Å². The average Bonchev–Trinajstić information content (AvgIpc) is 2.57. The van der Waals surface area contributed by atoms with Crippen LogP contribution in [0.3, 0.4) is 0 Å². The van der Waals surface area contributed by atoms with Crippen molar-refractivity contribution in [2.75, 3.05) is 57.9 Å². The van der Waals surface area contributed by atoms with Gasteiger partial charge in [-0.2, -0.15) is 4.31 Å². The molecule has 0 aliphatic carbocycles. The molecule has 1 fully saturated rings. The normalized spacial score (nSPS) is 18.0. The number of rotatable bonds is 8. The second-order valence-corrected chi connectivity index (χ2v) is 13.0. The molecule has 11 heteroatoms. The number of piperazine rings is 1. The Balaban J connectivity index is 2.52. The number of nitrogens with one attached hydrogen (secondary N) is 1. The highest BCUT2D eigenvalue weighted by molar-refractivity contribution is 7.92. The summed E-state index contributed by atoms with van der Waals surface area (Å²) in [4.78, 5) is 6.14. The van der Waals surface area contributed by atoms with Gasteiger partial charge in [0.05, 0.1) is 29.0 Å². The first-order valence-corrected chi connectivity index (χ1v) is 12.8. The number of hydrogen-bond donors (Lipinski definition) is 1. The molecule has 1 aliphatic heterocycles. The van der Waals surface area contributed by atoms with E-state index in [2.05, 4.69) is 10.3 Å². The van der Waals surface area contributed by atoms with Crippen molar-refractivity contribution in [2.24, 2.45) is 4.99 Å². The Kier molecular flexibility index (Phi) is 9.17. The summed E-state index contributed by atoms with van der Waals surface area (Å²) >= 11 is 0. The molecule has 28 heavy (non-hydrogen) atoms. The van der Waals surface area contributed by atoms with Gasteiger partial charge in [-0.05, 0) is 34.6 Å². The van der Waals surface area contributed by atoms with Gasteiger partial charge in [-0.3, -0.25) is 4.99 Å². The molecule has 0 atom stereocenters. The molecule has 1 saturated heterocycles. The lowest BCUT2D eigenvalue weighted by molar-refractivity contribution is 0.0904. The third kappa shape index (κ3) is 7.49. The smallest absolute Gasteiger partial charge is 0.216 e. The minimum atomic E-state index is -3.35. The van der Waals surface area contributed by atoms with Crippen LogP contribution in [0.15, 0.2) is 4.99 Å². The molecule has 0 saturated carbocycles. The summed E-state index contributed by atoms with van der Waals surface area (Å²) < 4.78 is 55.2. The summed E-state index contributed by atoms with van der Waals surface area (Å²) in [5.74, 6) is 0.576. The maximum absolute atomic E-state index is 12.4. The topological polar surface area (TPSA) is 108 Å². The first kappa shape index (κ1) is 25.1. The second kappa shape index (κ2) is 10.2. The monoisotopic (exact) mass is 440 g/mol. The van der Waals surface area contributed by atoms with Crippen molar-refractivity contribution in [1.29, 1.82) is 0 Å². The third-order valence-electron chi connectivity index (χ3n) is 4.52. The second-order valence-electron chi connectivity index (χ2n) is 8.03. The highest BCUT2D eigenvalue weighted by Gasteiger charge is 2.30. The predicted octanol–water partition coefficient (Wildman–Crippen LogP) is 0.148. The van der Waals surface area contributed by atoms with Crippen LogP contribution in [0, 0.1) is 0 Å². The maximum atomic E-state index is 12.4. The van der Waals surface area contributed by atoms with Gasteiger partial charge in [-0.25, -0.2) is 16.8 Å². The lowest BCUT2D eigenvalue weighted by Crippen LogP contribution is -2.54. The summed E-state index contributed by atoms with van der Waals surface area (Å²) in [6.07, 6.45) is 0.00328. The maximum Gasteiger partial charge on any atom is 0.216 e. The highest BCUT2D eigenvalue weighted by atomic mass is 32.2. The van der Waals surface area contributed by atoms with Gasteiger partial charge in [0, 0.05) is 39.8 Å². The van der Waals surface area contributed by atoms with E-state index >= 15 is 0 Å². The van der Waals surface area contributed by atoms with Crippen LogP contribution in [0.2, 0.25) is 0 Å². The van der Waals surface area contributed by atoms with Crippen LogP contribution >= 0.6 is 0 Å². The van der Waals surface area contributed by atoms with Gasteiger partial charge in [0.2, 0.25) is 10.0 Å². The van der Waals surface area contributed by atoms with Crippen LogP contribution in [0.4, 0.5) is 0 Å². The standard InChI is InChI=1S/C17H36N4O5S2/c1-15(2)26-12-14-28(24,25)21-10-8-20(9-11-21)16(18-6)19-7-13-27(22,23)17(3,4)5/h15H,7-14H2,1-6H3,(H,18,19). The molecule has 0 spiro atoms. The van der Waals surface area contributed by atoms with Crippen LogP contribution in [0.5, 0.6) is 0 Å². The molecule has 0 aromatic rings. The highest BCUT2D eigenvalue weighted by Crippen LogP contribution is 2.15. The summed E-state index contributed by atoms with van der Waals surface area (Å²) in [5.41, 5.74) is 0. The number of sulfone groups is 1. The first-order chi connectivity index (χ1) is 12.8. The van der Waals surface area contributed by atoms with Crippen molar-refractivity contribution in [1.82, 2.24) is 14.5 Å². The largest absolute Gasteiger partial charge is 0.378 e. The van der Waals surface area contributed by atoms with Crippen LogP contribution < -0.4 is 5.32 Å². The molecule has 0 aromatic carbocycles. The fourth-order valence-electron chi connectivity index (χ4n) is 2.63. The third-order valence-corrected chi connectivity index (χ3v) is 8.96. The fraction of sp³-hybridized carbons (Fsp3) is 0.941. The van der Waals surface area contributed by atoms with Crippen LogP contribution in [-0.4, -0.2) is 101 Å². The first-order valence-electron chi connectivity index (χ1n) is 9.57. The van der Waals surface area contributed by atoms with E-state index in [-0.39, 0.29) is 30.8 Å². The lowest BCUT2D eigenvalue weighted by Gasteiger charge is -2.36. The molecule has 9 nitrogen and oxygen atoms in total. The summed E-state index contributed by atoms with van der Waals surface area (Å²) in [6.45, 7) is 11.0.